The highest BCUT2D eigenvalue weighted by Crippen LogP contribution is 2.22. The van der Waals surface area contributed by atoms with Crippen molar-refractivity contribution >= 4 is 21.6 Å². The molecule has 1 N–H and O–H groups in total. The summed E-state index contributed by atoms with van der Waals surface area (Å²) in [6.07, 6.45) is 5.13. The van der Waals surface area contributed by atoms with Gasteiger partial charge in [0, 0.05) is 10.2 Å². The van der Waals surface area contributed by atoms with Crippen molar-refractivity contribution in [1.82, 2.24) is 0 Å². The lowest BCUT2D eigenvalue weighted by Gasteiger charge is -2.05. The molecule has 1 rings (SSSR count). The average Bonchev–Trinajstić information content (AvgIpc) is 2.03. The molecule has 0 spiro atoms. The van der Waals surface area contributed by atoms with Crippen LogP contribution < -0.4 is 5.32 Å². The van der Waals surface area contributed by atoms with E-state index in [1.807, 2.05) is 12.1 Å². The summed E-state index contributed by atoms with van der Waals surface area (Å²) in [5.41, 5.74) is 2.27. The van der Waals surface area contributed by atoms with Gasteiger partial charge in [-0.25, -0.2) is 0 Å². The van der Waals surface area contributed by atoms with E-state index in [9.17, 15) is 0 Å². The summed E-state index contributed by atoms with van der Waals surface area (Å²) in [5, 5.41) is 3.11. The Bertz CT molecular complexity index is 312. The summed E-state index contributed by atoms with van der Waals surface area (Å²) in [7, 11) is 0. The number of benzene rings is 1. The van der Waals surface area contributed by atoms with Crippen LogP contribution in [-0.2, 0) is 0 Å². The van der Waals surface area contributed by atoms with Crippen LogP contribution in [0.2, 0.25) is 0 Å². The SMILES string of the molecule is C#CCNc1ccc(C)cc1Br. The van der Waals surface area contributed by atoms with Crippen LogP contribution in [0.5, 0.6) is 0 Å². The van der Waals surface area contributed by atoms with E-state index in [4.69, 9.17) is 6.42 Å². The first-order valence-electron chi connectivity index (χ1n) is 3.67. The van der Waals surface area contributed by atoms with Crippen molar-refractivity contribution < 1.29 is 0 Å². The Labute approximate surface area is 81.3 Å². The number of hydrogen-bond donors (Lipinski definition) is 1. The number of rotatable bonds is 2. The topological polar surface area (TPSA) is 12.0 Å². The Morgan fingerprint density at radius 3 is 2.92 bits per heavy atom. The third kappa shape index (κ3) is 2.28. The zero-order chi connectivity index (χ0) is 8.97. The van der Waals surface area contributed by atoms with Gasteiger partial charge in [0.1, 0.15) is 0 Å². The number of aryl methyl sites for hydroxylation is 1. The molecule has 0 saturated heterocycles. The molecular weight excluding hydrogens is 214 g/mol. The molecule has 12 heavy (non-hydrogen) atoms. The predicted molar refractivity (Wildman–Crippen MR) is 56.2 cm³/mol. The Morgan fingerprint density at radius 1 is 1.58 bits per heavy atom. The maximum atomic E-state index is 5.13. The first-order valence-corrected chi connectivity index (χ1v) is 4.47. The van der Waals surface area contributed by atoms with Crippen LogP contribution in [0.3, 0.4) is 0 Å². The molecule has 0 atom stereocenters. The Kier molecular flexibility index (Phi) is 3.19. The Balaban J connectivity index is 2.81. The van der Waals surface area contributed by atoms with Crippen molar-refractivity contribution in [3.8, 4) is 12.3 Å². The molecule has 0 unspecified atom stereocenters. The molecular formula is C10H10BrN. The summed E-state index contributed by atoms with van der Waals surface area (Å²) < 4.78 is 1.05. The minimum Gasteiger partial charge on any atom is -0.373 e. The third-order valence-electron chi connectivity index (χ3n) is 1.51. The molecule has 2 heteroatoms. The van der Waals surface area contributed by atoms with Gasteiger partial charge in [0.05, 0.1) is 6.54 Å². The van der Waals surface area contributed by atoms with Crippen LogP contribution in [0.1, 0.15) is 5.56 Å². The first-order chi connectivity index (χ1) is 5.74. The maximum Gasteiger partial charge on any atom is 0.0763 e. The average molecular weight is 224 g/mol. The van der Waals surface area contributed by atoms with E-state index in [0.29, 0.717) is 6.54 Å². The molecule has 0 fully saturated rings. The van der Waals surface area contributed by atoms with Gasteiger partial charge < -0.3 is 5.32 Å². The molecule has 0 radical (unpaired) electrons. The lowest BCUT2D eigenvalue weighted by Crippen LogP contribution is -1.98. The monoisotopic (exact) mass is 223 g/mol. The van der Waals surface area contributed by atoms with E-state index in [1.54, 1.807) is 0 Å². The number of hydrogen-bond acceptors (Lipinski definition) is 1. The molecule has 0 aromatic heterocycles. The zero-order valence-electron chi connectivity index (χ0n) is 6.89. The van der Waals surface area contributed by atoms with Crippen molar-refractivity contribution in [2.45, 2.75) is 6.92 Å². The van der Waals surface area contributed by atoms with Crippen LogP contribution in [0.15, 0.2) is 22.7 Å². The van der Waals surface area contributed by atoms with E-state index < -0.39 is 0 Å². The van der Waals surface area contributed by atoms with Crippen molar-refractivity contribution in [1.29, 1.82) is 0 Å². The van der Waals surface area contributed by atoms with Crippen LogP contribution in [0, 0.1) is 19.3 Å². The van der Waals surface area contributed by atoms with E-state index in [-0.39, 0.29) is 0 Å². The van der Waals surface area contributed by atoms with Crippen LogP contribution in [-0.4, -0.2) is 6.54 Å². The van der Waals surface area contributed by atoms with Gasteiger partial charge in [-0.1, -0.05) is 12.0 Å². The third-order valence-corrected chi connectivity index (χ3v) is 2.16. The van der Waals surface area contributed by atoms with Crippen LogP contribution >= 0.6 is 15.9 Å². The highest BCUT2D eigenvalue weighted by molar-refractivity contribution is 9.10. The van der Waals surface area contributed by atoms with Crippen LogP contribution in [0.4, 0.5) is 5.69 Å². The smallest absolute Gasteiger partial charge is 0.0763 e. The number of halogens is 1. The Hall–Kier alpha value is -0.940. The quantitative estimate of drug-likeness (QED) is 0.761. The van der Waals surface area contributed by atoms with Gasteiger partial charge in [-0.2, -0.15) is 0 Å². The largest absolute Gasteiger partial charge is 0.373 e. The van der Waals surface area contributed by atoms with E-state index in [1.165, 1.54) is 5.56 Å². The van der Waals surface area contributed by atoms with Crippen molar-refractivity contribution in [3.05, 3.63) is 28.2 Å². The second-order valence-electron chi connectivity index (χ2n) is 2.54. The van der Waals surface area contributed by atoms with E-state index >= 15 is 0 Å². The summed E-state index contributed by atoms with van der Waals surface area (Å²) in [5.74, 6) is 2.53. The molecule has 1 aromatic rings. The molecule has 1 nitrogen and oxygen atoms in total. The van der Waals surface area contributed by atoms with Gasteiger partial charge in [-0.15, -0.1) is 6.42 Å². The van der Waals surface area contributed by atoms with Gasteiger partial charge in [-0.05, 0) is 40.5 Å². The fourth-order valence-electron chi connectivity index (χ4n) is 0.910. The van der Waals surface area contributed by atoms with Crippen molar-refractivity contribution in [2.75, 3.05) is 11.9 Å². The number of nitrogens with one attached hydrogen (secondary N) is 1. The predicted octanol–water partition coefficient (Wildman–Crippen LogP) is 2.80. The molecule has 0 aliphatic carbocycles. The van der Waals surface area contributed by atoms with Gasteiger partial charge in [0.25, 0.3) is 0 Å². The highest BCUT2D eigenvalue weighted by atomic mass is 79.9. The lowest BCUT2D eigenvalue weighted by atomic mass is 10.2. The van der Waals surface area contributed by atoms with E-state index in [2.05, 4.69) is 40.2 Å². The Morgan fingerprint density at radius 2 is 2.33 bits per heavy atom. The maximum absolute atomic E-state index is 5.13. The van der Waals surface area contributed by atoms with Gasteiger partial charge in [0.15, 0.2) is 0 Å². The zero-order valence-corrected chi connectivity index (χ0v) is 8.48. The normalized spacial score (nSPS) is 9.08. The van der Waals surface area contributed by atoms with E-state index in [0.717, 1.165) is 10.2 Å². The van der Waals surface area contributed by atoms with Crippen molar-refractivity contribution in [2.24, 2.45) is 0 Å². The number of anilines is 1. The van der Waals surface area contributed by atoms with Gasteiger partial charge in [0.2, 0.25) is 0 Å². The van der Waals surface area contributed by atoms with Gasteiger partial charge in [-0.3, -0.25) is 0 Å². The fraction of sp³-hybridized carbons (Fsp3) is 0.200. The second kappa shape index (κ2) is 4.18. The highest BCUT2D eigenvalue weighted by Gasteiger charge is 1.96. The molecule has 0 aliphatic rings. The molecule has 0 bridgehead atoms. The first kappa shape index (κ1) is 9.15. The second-order valence-corrected chi connectivity index (χ2v) is 3.40. The van der Waals surface area contributed by atoms with Gasteiger partial charge >= 0.3 is 0 Å². The molecule has 0 amide bonds. The summed E-state index contributed by atoms with van der Waals surface area (Å²) in [6.45, 7) is 2.61. The molecule has 1 aromatic carbocycles. The number of terminal acetylenes is 1. The lowest BCUT2D eigenvalue weighted by molar-refractivity contribution is 1.35. The summed E-state index contributed by atoms with van der Waals surface area (Å²) in [6, 6.07) is 6.11. The van der Waals surface area contributed by atoms with Crippen molar-refractivity contribution in [3.63, 3.8) is 0 Å². The minimum atomic E-state index is 0.557. The molecule has 62 valence electrons. The molecule has 0 aliphatic heterocycles. The molecule has 0 heterocycles. The summed E-state index contributed by atoms with van der Waals surface area (Å²) >= 11 is 3.45. The molecule has 0 saturated carbocycles. The fourth-order valence-corrected chi connectivity index (χ4v) is 1.54. The standard InChI is InChI=1S/C10H10BrN/c1-3-6-12-10-5-4-8(2)7-9(10)11/h1,4-5,7,12H,6H2,2H3. The summed E-state index contributed by atoms with van der Waals surface area (Å²) in [4.78, 5) is 0. The minimum absolute atomic E-state index is 0.557. The van der Waals surface area contributed by atoms with Crippen LogP contribution in [0.25, 0.3) is 0 Å².